The van der Waals surface area contributed by atoms with Crippen LogP contribution in [-0.4, -0.2) is 6.21 Å². The third-order valence-electron chi connectivity index (χ3n) is 0.417. The molecule has 0 bridgehead atoms. The second-order valence-corrected chi connectivity index (χ2v) is 0.955. The van der Waals surface area contributed by atoms with Gasteiger partial charge in [0, 0.05) is 12.4 Å². The van der Waals surface area contributed by atoms with Crippen LogP contribution in [0.25, 0.3) is 0 Å². The number of allylic oxidation sites excluding steroid dienone is 1. The number of rotatable bonds is 2. The van der Waals surface area contributed by atoms with Crippen molar-refractivity contribution in [3.63, 3.8) is 0 Å². The van der Waals surface area contributed by atoms with Crippen molar-refractivity contribution in [2.45, 2.75) is 0 Å². The van der Waals surface area contributed by atoms with Crippen LogP contribution in [-0.2, 0) is 0 Å². The maximum absolute atomic E-state index is 6.50. The Morgan fingerprint density at radius 3 is 2.43 bits per heavy atom. The van der Waals surface area contributed by atoms with Crippen LogP contribution in [0.4, 0.5) is 0 Å². The lowest BCUT2D eigenvalue weighted by Crippen LogP contribution is -2.16. The zero-order chi connectivity index (χ0) is 5.70. The molecule has 0 aliphatic carbocycles. The second-order valence-electron chi connectivity index (χ2n) is 0.955. The van der Waals surface area contributed by atoms with E-state index >= 15 is 0 Å². The van der Waals surface area contributed by atoms with E-state index in [1.165, 1.54) is 6.20 Å². The highest BCUT2D eigenvalue weighted by atomic mass is 15.2. The Kier molecular flexibility index (Phi) is 2.70. The quantitative estimate of drug-likeness (QED) is 0.202. The smallest absolute Gasteiger partial charge is 0.0666 e. The number of nitrogens with two attached hydrogens (primary N) is 2. The highest BCUT2D eigenvalue weighted by Gasteiger charge is 1.72. The summed E-state index contributed by atoms with van der Waals surface area (Å²) in [6.07, 6.45) is 2.33. The topological polar surface area (TPSA) is 87.9 Å². The average Bonchev–Trinajstić information content (AvgIpc) is 1.68. The molecule has 0 aromatic carbocycles. The predicted molar refractivity (Wildman–Crippen MR) is 28.4 cm³/mol. The molecule has 0 heterocycles. The molecule has 0 unspecified atom stereocenters. The summed E-state index contributed by atoms with van der Waals surface area (Å²) in [6.45, 7) is 0. The molecule has 0 atom stereocenters. The van der Waals surface area contributed by atoms with E-state index in [0.717, 1.165) is 6.21 Å². The van der Waals surface area contributed by atoms with Crippen LogP contribution in [0.1, 0.15) is 0 Å². The first-order valence-electron chi connectivity index (χ1n) is 1.73. The van der Waals surface area contributed by atoms with E-state index in [9.17, 15) is 0 Å². The first kappa shape index (κ1) is 5.97. The molecule has 0 fully saturated rings. The van der Waals surface area contributed by atoms with Gasteiger partial charge in [0.25, 0.3) is 0 Å². The van der Waals surface area contributed by atoms with E-state index in [1.54, 1.807) is 0 Å². The molecule has 6 N–H and O–H groups in total. The van der Waals surface area contributed by atoms with E-state index in [2.05, 4.69) is 5.43 Å². The summed E-state index contributed by atoms with van der Waals surface area (Å²) in [5, 5.41) is 6.50. The Morgan fingerprint density at radius 2 is 2.29 bits per heavy atom. The van der Waals surface area contributed by atoms with Gasteiger partial charge in [0.15, 0.2) is 0 Å². The lowest BCUT2D eigenvalue weighted by Gasteiger charge is -1.86. The van der Waals surface area contributed by atoms with E-state index in [-0.39, 0.29) is 0 Å². The Hall–Kier alpha value is -1.03. The number of hydrazine groups is 1. The van der Waals surface area contributed by atoms with Gasteiger partial charge in [-0.3, -0.25) is 5.84 Å². The zero-order valence-corrected chi connectivity index (χ0v) is 3.81. The van der Waals surface area contributed by atoms with E-state index in [4.69, 9.17) is 17.0 Å². The molecule has 7 heavy (non-hydrogen) atoms. The van der Waals surface area contributed by atoms with Gasteiger partial charge >= 0.3 is 0 Å². The lowest BCUT2D eigenvalue weighted by atomic mass is 10.5. The lowest BCUT2D eigenvalue weighted by molar-refractivity contribution is 0.957. The number of nitrogens with one attached hydrogen (secondary N) is 2. The molecule has 0 aromatic rings. The molecule has 0 aliphatic rings. The van der Waals surface area contributed by atoms with Gasteiger partial charge in [-0.05, 0) is 0 Å². The maximum atomic E-state index is 6.50. The van der Waals surface area contributed by atoms with Gasteiger partial charge in [0.1, 0.15) is 0 Å². The molecule has 0 radical (unpaired) electrons. The maximum Gasteiger partial charge on any atom is 0.0666 e. The summed E-state index contributed by atoms with van der Waals surface area (Å²) in [5.74, 6) is 4.80. The summed E-state index contributed by atoms with van der Waals surface area (Å²) in [6, 6.07) is 0. The molecule has 0 saturated carbocycles. The second kappa shape index (κ2) is 3.17. The van der Waals surface area contributed by atoms with Gasteiger partial charge in [-0.15, -0.1) is 0 Å². The fourth-order valence-corrected chi connectivity index (χ4v) is 0.138. The van der Waals surface area contributed by atoms with E-state index in [1.807, 2.05) is 0 Å². The average molecular weight is 100 g/mol. The molecule has 0 spiro atoms. The van der Waals surface area contributed by atoms with Crippen LogP contribution in [0.3, 0.4) is 0 Å². The normalized spacial score (nSPS) is 10.7. The molecule has 4 nitrogen and oxygen atoms in total. The third-order valence-corrected chi connectivity index (χ3v) is 0.417. The molecule has 0 amide bonds. The van der Waals surface area contributed by atoms with Gasteiger partial charge in [-0.1, -0.05) is 0 Å². The molecular weight excluding hydrogens is 92.1 g/mol. The Morgan fingerprint density at radius 1 is 1.71 bits per heavy atom. The van der Waals surface area contributed by atoms with Crippen LogP contribution < -0.4 is 17.0 Å². The zero-order valence-electron chi connectivity index (χ0n) is 3.81. The molecule has 0 aromatic heterocycles. The standard InChI is InChI=1S/C3H8N4/c4-1-3(5)2-7-6/h1-2,4,7H,5-6H2/b3-2+,4-1?. The predicted octanol–water partition coefficient (Wildman–Crippen LogP) is -1.10. The Bertz CT molecular complexity index is 84.9. The third kappa shape index (κ3) is 2.78. The number of hydrogen-bond donors (Lipinski definition) is 4. The SMILES string of the molecule is N=C/C(N)=C\NN. The van der Waals surface area contributed by atoms with Crippen molar-refractivity contribution in [3.05, 3.63) is 11.9 Å². The van der Waals surface area contributed by atoms with Gasteiger partial charge in [-0.2, -0.15) is 0 Å². The monoisotopic (exact) mass is 100 g/mol. The van der Waals surface area contributed by atoms with Crippen molar-refractivity contribution in [2.24, 2.45) is 11.6 Å². The first-order chi connectivity index (χ1) is 3.31. The van der Waals surface area contributed by atoms with Crippen molar-refractivity contribution >= 4 is 6.21 Å². The molecule has 0 rings (SSSR count). The summed E-state index contributed by atoms with van der Waals surface area (Å²) in [7, 11) is 0. The highest BCUT2D eigenvalue weighted by Crippen LogP contribution is 1.65. The summed E-state index contributed by atoms with van der Waals surface area (Å²) in [4.78, 5) is 0. The summed E-state index contributed by atoms with van der Waals surface area (Å²) >= 11 is 0. The van der Waals surface area contributed by atoms with Crippen LogP contribution in [0, 0.1) is 5.41 Å². The highest BCUT2D eigenvalue weighted by molar-refractivity contribution is 5.73. The van der Waals surface area contributed by atoms with Gasteiger partial charge in [0.2, 0.25) is 0 Å². The minimum Gasteiger partial charge on any atom is -0.396 e. The molecule has 40 valence electrons. The molecule has 4 heteroatoms. The van der Waals surface area contributed by atoms with Crippen LogP contribution in [0.2, 0.25) is 0 Å². The van der Waals surface area contributed by atoms with E-state index in [0.29, 0.717) is 5.70 Å². The van der Waals surface area contributed by atoms with Crippen LogP contribution in [0.5, 0.6) is 0 Å². The molecule has 0 aliphatic heterocycles. The Labute approximate surface area is 41.7 Å². The van der Waals surface area contributed by atoms with Crippen molar-refractivity contribution in [2.75, 3.05) is 0 Å². The molecule has 0 saturated heterocycles. The van der Waals surface area contributed by atoms with E-state index < -0.39 is 0 Å². The van der Waals surface area contributed by atoms with Crippen molar-refractivity contribution in [3.8, 4) is 0 Å². The Balaban J connectivity index is 3.49. The molecular formula is C3H8N4. The van der Waals surface area contributed by atoms with Gasteiger partial charge < -0.3 is 16.6 Å². The first-order valence-corrected chi connectivity index (χ1v) is 1.73. The van der Waals surface area contributed by atoms with Gasteiger partial charge in [-0.25, -0.2) is 0 Å². The van der Waals surface area contributed by atoms with Crippen LogP contribution in [0.15, 0.2) is 11.9 Å². The van der Waals surface area contributed by atoms with Crippen molar-refractivity contribution in [1.82, 2.24) is 5.43 Å². The minimum atomic E-state index is 0.308. The fraction of sp³-hybridized carbons (Fsp3) is 0. The summed E-state index contributed by atoms with van der Waals surface area (Å²) in [5.41, 5.74) is 7.55. The minimum absolute atomic E-state index is 0.308. The van der Waals surface area contributed by atoms with Crippen molar-refractivity contribution < 1.29 is 0 Å². The summed E-state index contributed by atoms with van der Waals surface area (Å²) < 4.78 is 0. The van der Waals surface area contributed by atoms with Crippen molar-refractivity contribution in [1.29, 1.82) is 5.41 Å². The fourth-order valence-electron chi connectivity index (χ4n) is 0.138. The van der Waals surface area contributed by atoms with Crippen LogP contribution >= 0.6 is 0 Å². The largest absolute Gasteiger partial charge is 0.396 e. The number of hydrogen-bond acceptors (Lipinski definition) is 4. The van der Waals surface area contributed by atoms with Gasteiger partial charge in [0.05, 0.1) is 5.70 Å².